The van der Waals surface area contributed by atoms with E-state index in [0.29, 0.717) is 17.3 Å². The third-order valence-corrected chi connectivity index (χ3v) is 3.55. The number of fused-ring (bicyclic) bond motifs is 1. The Morgan fingerprint density at radius 1 is 1.05 bits per heavy atom. The van der Waals surface area contributed by atoms with Crippen LogP contribution in [0.4, 0.5) is 24.8 Å². The molecule has 0 bridgehead atoms. The van der Waals surface area contributed by atoms with Crippen LogP contribution in [-0.4, -0.2) is 26.1 Å². The zero-order valence-electron chi connectivity index (χ0n) is 11.3. The van der Waals surface area contributed by atoms with Crippen LogP contribution in [0, 0.1) is 0 Å². The third-order valence-electron chi connectivity index (χ3n) is 2.92. The van der Waals surface area contributed by atoms with E-state index in [0.717, 1.165) is 17.2 Å². The number of thioether (sulfide) groups is 1. The van der Waals surface area contributed by atoms with Crippen LogP contribution in [0.3, 0.4) is 0 Å². The number of nitrogens with zero attached hydrogens (tertiary/aromatic N) is 4. The smallest absolute Gasteiger partial charge is 0.323 e. The largest absolute Gasteiger partial charge is 0.416 e. The lowest BCUT2D eigenvalue weighted by Gasteiger charge is -2.08. The van der Waals surface area contributed by atoms with Crippen molar-refractivity contribution in [2.45, 2.75) is 11.2 Å². The van der Waals surface area contributed by atoms with Crippen molar-refractivity contribution in [3.05, 3.63) is 42.0 Å². The first-order valence-corrected chi connectivity index (χ1v) is 7.40. The summed E-state index contributed by atoms with van der Waals surface area (Å²) in [4.78, 5) is 0. The van der Waals surface area contributed by atoms with Crippen LogP contribution in [0.1, 0.15) is 5.56 Å². The number of hydrogen-bond donors (Lipinski definition) is 1. The van der Waals surface area contributed by atoms with E-state index < -0.39 is 11.7 Å². The Balaban J connectivity index is 1.90. The van der Waals surface area contributed by atoms with Gasteiger partial charge in [-0.05, 0) is 42.7 Å². The van der Waals surface area contributed by atoms with E-state index in [4.69, 9.17) is 0 Å². The minimum Gasteiger partial charge on any atom is -0.323 e. The average molecular weight is 325 g/mol. The summed E-state index contributed by atoms with van der Waals surface area (Å²) >= 11 is 1.47. The molecule has 0 aliphatic carbocycles. The van der Waals surface area contributed by atoms with Crippen LogP contribution in [0.15, 0.2) is 41.4 Å². The van der Waals surface area contributed by atoms with Crippen LogP contribution in [0.5, 0.6) is 0 Å². The highest BCUT2D eigenvalue weighted by molar-refractivity contribution is 7.98. The Morgan fingerprint density at radius 2 is 1.77 bits per heavy atom. The van der Waals surface area contributed by atoms with Crippen molar-refractivity contribution < 1.29 is 13.2 Å². The van der Waals surface area contributed by atoms with Crippen LogP contribution in [0.25, 0.3) is 5.65 Å². The van der Waals surface area contributed by atoms with Crippen molar-refractivity contribution in [1.29, 1.82) is 0 Å². The van der Waals surface area contributed by atoms with E-state index in [2.05, 4.69) is 20.6 Å². The highest BCUT2D eigenvalue weighted by Crippen LogP contribution is 2.30. The number of rotatable bonds is 3. The van der Waals surface area contributed by atoms with Crippen molar-refractivity contribution in [3.63, 3.8) is 0 Å². The molecule has 0 atom stereocenters. The number of aromatic nitrogens is 4. The SMILES string of the molecule is CSc1ccc2nnc(Nc3ccc(C(F)(F)F)cc3)n2n1. The van der Waals surface area contributed by atoms with E-state index in [9.17, 15) is 13.2 Å². The Kier molecular flexibility index (Phi) is 3.65. The lowest BCUT2D eigenvalue weighted by Crippen LogP contribution is -2.05. The lowest BCUT2D eigenvalue weighted by atomic mass is 10.2. The summed E-state index contributed by atoms with van der Waals surface area (Å²) in [5.41, 5.74) is 0.317. The summed E-state index contributed by atoms with van der Waals surface area (Å²) in [6.45, 7) is 0. The quantitative estimate of drug-likeness (QED) is 0.746. The summed E-state index contributed by atoms with van der Waals surface area (Å²) in [7, 11) is 0. The minimum atomic E-state index is -4.35. The Morgan fingerprint density at radius 3 is 2.41 bits per heavy atom. The van der Waals surface area contributed by atoms with Gasteiger partial charge in [-0.3, -0.25) is 0 Å². The standard InChI is InChI=1S/C13H10F3N5S/c1-22-11-7-6-10-18-19-12(21(10)20-11)17-9-4-2-8(3-5-9)13(14,15)16/h2-7H,1H3,(H,17,19). The van der Waals surface area contributed by atoms with Crippen molar-refractivity contribution in [2.24, 2.45) is 0 Å². The molecule has 0 spiro atoms. The molecule has 1 N–H and O–H groups in total. The molecule has 0 saturated heterocycles. The van der Waals surface area contributed by atoms with Gasteiger partial charge in [0.25, 0.3) is 0 Å². The summed E-state index contributed by atoms with van der Waals surface area (Å²) in [6, 6.07) is 8.27. The molecule has 0 aliphatic heterocycles. The number of nitrogens with one attached hydrogen (secondary N) is 1. The van der Waals surface area contributed by atoms with Crippen LogP contribution < -0.4 is 5.32 Å². The van der Waals surface area contributed by atoms with Crippen LogP contribution in [0.2, 0.25) is 0 Å². The first kappa shape index (κ1) is 14.6. The predicted molar refractivity (Wildman–Crippen MR) is 77.3 cm³/mol. The van der Waals surface area contributed by atoms with Gasteiger partial charge in [0, 0.05) is 5.69 Å². The van der Waals surface area contributed by atoms with Gasteiger partial charge in [0.15, 0.2) is 5.65 Å². The molecule has 1 aromatic carbocycles. The van der Waals surface area contributed by atoms with Gasteiger partial charge in [0.05, 0.1) is 5.56 Å². The molecule has 5 nitrogen and oxygen atoms in total. The fourth-order valence-electron chi connectivity index (χ4n) is 1.83. The second-order valence-electron chi connectivity index (χ2n) is 4.37. The summed E-state index contributed by atoms with van der Waals surface area (Å²) in [5.74, 6) is 0.339. The van der Waals surface area contributed by atoms with E-state index in [1.54, 1.807) is 6.07 Å². The van der Waals surface area contributed by atoms with Gasteiger partial charge in [-0.15, -0.1) is 22.0 Å². The van der Waals surface area contributed by atoms with Gasteiger partial charge in [-0.1, -0.05) is 0 Å². The molecule has 9 heteroatoms. The molecule has 3 aromatic rings. The molecule has 2 heterocycles. The molecule has 0 amide bonds. The normalized spacial score (nSPS) is 11.8. The molecule has 0 fully saturated rings. The molecular weight excluding hydrogens is 315 g/mol. The van der Waals surface area contributed by atoms with Crippen molar-refractivity contribution >= 4 is 29.0 Å². The Hall–Kier alpha value is -2.29. The molecule has 0 saturated carbocycles. The zero-order chi connectivity index (χ0) is 15.7. The third kappa shape index (κ3) is 2.84. The van der Waals surface area contributed by atoms with Gasteiger partial charge in [-0.25, -0.2) is 0 Å². The zero-order valence-corrected chi connectivity index (χ0v) is 12.1. The van der Waals surface area contributed by atoms with Crippen molar-refractivity contribution in [1.82, 2.24) is 19.8 Å². The maximum atomic E-state index is 12.5. The van der Waals surface area contributed by atoms with Gasteiger partial charge in [0.2, 0.25) is 5.95 Å². The maximum Gasteiger partial charge on any atom is 0.416 e. The Labute approximate surface area is 127 Å². The van der Waals surface area contributed by atoms with Crippen molar-refractivity contribution in [2.75, 3.05) is 11.6 Å². The summed E-state index contributed by atoms with van der Waals surface area (Å²) in [6.07, 6.45) is -2.46. The highest BCUT2D eigenvalue weighted by atomic mass is 32.2. The first-order valence-electron chi connectivity index (χ1n) is 6.18. The Bertz CT molecular complexity index is 798. The topological polar surface area (TPSA) is 55.1 Å². The van der Waals surface area contributed by atoms with E-state index in [1.165, 1.54) is 28.4 Å². The molecule has 3 rings (SSSR count). The molecule has 2 aromatic heterocycles. The van der Waals surface area contributed by atoms with Crippen molar-refractivity contribution in [3.8, 4) is 0 Å². The first-order chi connectivity index (χ1) is 10.5. The van der Waals surface area contributed by atoms with E-state index in [1.807, 2.05) is 12.3 Å². The molecule has 0 aliphatic rings. The molecule has 22 heavy (non-hydrogen) atoms. The van der Waals surface area contributed by atoms with Crippen LogP contribution in [-0.2, 0) is 6.18 Å². The molecule has 0 unspecified atom stereocenters. The van der Waals surface area contributed by atoms with Gasteiger partial charge >= 0.3 is 6.18 Å². The van der Waals surface area contributed by atoms with Crippen LogP contribution >= 0.6 is 11.8 Å². The number of benzene rings is 1. The lowest BCUT2D eigenvalue weighted by molar-refractivity contribution is -0.137. The highest BCUT2D eigenvalue weighted by Gasteiger charge is 2.29. The molecular formula is C13H10F3N5S. The number of anilines is 2. The van der Waals surface area contributed by atoms with E-state index >= 15 is 0 Å². The minimum absolute atomic E-state index is 0.339. The number of halogens is 3. The average Bonchev–Trinajstić information content (AvgIpc) is 2.89. The fraction of sp³-hybridized carbons (Fsp3) is 0.154. The van der Waals surface area contributed by atoms with E-state index in [-0.39, 0.29) is 0 Å². The maximum absolute atomic E-state index is 12.5. The molecule has 0 radical (unpaired) electrons. The van der Waals surface area contributed by atoms with Gasteiger partial charge < -0.3 is 5.32 Å². The monoisotopic (exact) mass is 325 g/mol. The number of hydrogen-bond acceptors (Lipinski definition) is 5. The fourth-order valence-corrected chi connectivity index (χ4v) is 2.20. The predicted octanol–water partition coefficient (Wildman–Crippen LogP) is 3.61. The van der Waals surface area contributed by atoms with Gasteiger partial charge in [0.1, 0.15) is 5.03 Å². The number of alkyl halides is 3. The second-order valence-corrected chi connectivity index (χ2v) is 5.20. The summed E-state index contributed by atoms with van der Waals surface area (Å²) in [5, 5.41) is 15.9. The second kappa shape index (κ2) is 5.48. The van der Waals surface area contributed by atoms with Gasteiger partial charge in [-0.2, -0.15) is 22.8 Å². The summed E-state index contributed by atoms with van der Waals surface area (Å²) < 4.78 is 39.1. The molecule has 114 valence electrons.